The van der Waals surface area contributed by atoms with Crippen molar-refractivity contribution >= 4 is 5.91 Å². The van der Waals surface area contributed by atoms with Gasteiger partial charge in [0.1, 0.15) is 11.7 Å². The summed E-state index contributed by atoms with van der Waals surface area (Å²) in [6.07, 6.45) is -0.254. The molecule has 1 saturated heterocycles. The molecule has 1 amide bonds. The summed E-state index contributed by atoms with van der Waals surface area (Å²) < 4.78 is 5.96. The van der Waals surface area contributed by atoms with Crippen LogP contribution in [0.25, 0.3) is 0 Å². The average molecular weight is 312 g/mol. The minimum atomic E-state index is -0.342. The number of nitrogens with one attached hydrogen (secondary N) is 1. The first-order chi connectivity index (χ1) is 11.0. The number of hydrogen-bond donors (Lipinski definition) is 1. The van der Waals surface area contributed by atoms with Crippen LogP contribution in [-0.4, -0.2) is 35.0 Å². The van der Waals surface area contributed by atoms with E-state index in [-0.39, 0.29) is 29.2 Å². The third-order valence-corrected chi connectivity index (χ3v) is 4.00. The van der Waals surface area contributed by atoms with E-state index in [0.29, 0.717) is 13.1 Å². The van der Waals surface area contributed by atoms with Crippen molar-refractivity contribution in [2.45, 2.75) is 26.1 Å². The Morgan fingerprint density at radius 2 is 1.91 bits per heavy atom. The second kappa shape index (κ2) is 6.38. The molecular formula is C18H20N2O3. The van der Waals surface area contributed by atoms with Crippen molar-refractivity contribution in [3.05, 3.63) is 69.6 Å². The standard InChI is InChI=1S/C18H20N2O3/c1-12-8-9-15(17(21)19-12)18(22)20-10-13(2)23-16(11-20)14-6-4-3-5-7-14/h3-9,13,16H,10-11H2,1-2H3,(H,19,21)/t13-,16-/m1/s1. The number of carbonyl (C=O) groups excluding carboxylic acids is 1. The first-order valence-corrected chi connectivity index (χ1v) is 7.74. The van der Waals surface area contributed by atoms with Gasteiger partial charge in [-0.2, -0.15) is 0 Å². The predicted molar refractivity (Wildman–Crippen MR) is 87.4 cm³/mol. The zero-order valence-corrected chi connectivity index (χ0v) is 13.3. The molecule has 1 aromatic carbocycles. The molecule has 5 nitrogen and oxygen atoms in total. The van der Waals surface area contributed by atoms with E-state index in [9.17, 15) is 9.59 Å². The van der Waals surface area contributed by atoms with Crippen LogP contribution < -0.4 is 5.56 Å². The van der Waals surface area contributed by atoms with E-state index < -0.39 is 0 Å². The van der Waals surface area contributed by atoms with Crippen molar-refractivity contribution in [3.63, 3.8) is 0 Å². The summed E-state index contributed by atoms with van der Waals surface area (Å²) in [5, 5.41) is 0. The van der Waals surface area contributed by atoms with E-state index in [2.05, 4.69) is 4.98 Å². The number of amides is 1. The molecule has 1 N–H and O–H groups in total. The highest BCUT2D eigenvalue weighted by atomic mass is 16.5. The Balaban J connectivity index is 1.84. The third kappa shape index (κ3) is 3.35. The van der Waals surface area contributed by atoms with Crippen LogP contribution in [0.3, 0.4) is 0 Å². The molecule has 0 radical (unpaired) electrons. The molecule has 0 bridgehead atoms. The number of benzene rings is 1. The highest BCUT2D eigenvalue weighted by molar-refractivity contribution is 5.94. The molecular weight excluding hydrogens is 292 g/mol. The monoisotopic (exact) mass is 312 g/mol. The van der Waals surface area contributed by atoms with Gasteiger partial charge in [-0.3, -0.25) is 9.59 Å². The highest BCUT2D eigenvalue weighted by Crippen LogP contribution is 2.25. The van der Waals surface area contributed by atoms with Gasteiger partial charge in [-0.05, 0) is 31.5 Å². The maximum Gasteiger partial charge on any atom is 0.260 e. The molecule has 0 unspecified atom stereocenters. The van der Waals surface area contributed by atoms with Gasteiger partial charge in [0.25, 0.3) is 11.5 Å². The van der Waals surface area contributed by atoms with Crippen LogP contribution >= 0.6 is 0 Å². The second-order valence-electron chi connectivity index (χ2n) is 5.94. The number of hydrogen-bond acceptors (Lipinski definition) is 3. The summed E-state index contributed by atoms with van der Waals surface area (Å²) in [6.45, 7) is 4.66. The van der Waals surface area contributed by atoms with Gasteiger partial charge in [-0.25, -0.2) is 0 Å². The van der Waals surface area contributed by atoms with Crippen molar-refractivity contribution in [3.8, 4) is 0 Å². The topological polar surface area (TPSA) is 62.4 Å². The smallest absolute Gasteiger partial charge is 0.260 e. The fraction of sp³-hybridized carbons (Fsp3) is 0.333. The lowest BCUT2D eigenvalue weighted by Gasteiger charge is -2.37. The molecule has 2 atom stereocenters. The van der Waals surface area contributed by atoms with Gasteiger partial charge in [0.05, 0.1) is 12.6 Å². The largest absolute Gasteiger partial charge is 0.367 e. The second-order valence-corrected chi connectivity index (χ2v) is 5.94. The minimum absolute atomic E-state index is 0.0811. The molecule has 0 aliphatic carbocycles. The summed E-state index contributed by atoms with van der Waals surface area (Å²) in [6, 6.07) is 13.2. The summed E-state index contributed by atoms with van der Waals surface area (Å²) >= 11 is 0. The van der Waals surface area contributed by atoms with Crippen LogP contribution in [0.1, 0.15) is 34.6 Å². The maximum atomic E-state index is 12.7. The summed E-state index contributed by atoms with van der Waals surface area (Å²) in [7, 11) is 0. The molecule has 23 heavy (non-hydrogen) atoms. The minimum Gasteiger partial charge on any atom is -0.367 e. The maximum absolute atomic E-state index is 12.7. The molecule has 1 aliphatic heterocycles. The number of rotatable bonds is 2. The van der Waals surface area contributed by atoms with Gasteiger partial charge < -0.3 is 14.6 Å². The molecule has 120 valence electrons. The molecule has 0 spiro atoms. The molecule has 5 heteroatoms. The fourth-order valence-corrected chi connectivity index (χ4v) is 2.88. The molecule has 1 aliphatic rings. The number of aryl methyl sites for hydroxylation is 1. The summed E-state index contributed by atoms with van der Waals surface area (Å²) in [5.74, 6) is -0.248. The van der Waals surface area contributed by atoms with Gasteiger partial charge in [0.15, 0.2) is 0 Å². The van der Waals surface area contributed by atoms with Crippen LogP contribution in [0.15, 0.2) is 47.3 Å². The number of ether oxygens (including phenoxy) is 1. The van der Waals surface area contributed by atoms with Crippen molar-refractivity contribution in [1.29, 1.82) is 0 Å². The number of morpholine rings is 1. The summed E-state index contributed by atoms with van der Waals surface area (Å²) in [4.78, 5) is 29.1. The zero-order chi connectivity index (χ0) is 16.4. The molecule has 3 rings (SSSR count). The van der Waals surface area contributed by atoms with E-state index >= 15 is 0 Å². The van der Waals surface area contributed by atoms with Crippen molar-refractivity contribution in [1.82, 2.24) is 9.88 Å². The van der Waals surface area contributed by atoms with Crippen molar-refractivity contribution < 1.29 is 9.53 Å². The van der Waals surface area contributed by atoms with Crippen LogP contribution in [0.2, 0.25) is 0 Å². The van der Waals surface area contributed by atoms with Crippen molar-refractivity contribution in [2.24, 2.45) is 0 Å². The lowest BCUT2D eigenvalue weighted by Crippen LogP contribution is -2.47. The number of nitrogens with zero attached hydrogens (tertiary/aromatic N) is 1. The zero-order valence-electron chi connectivity index (χ0n) is 13.3. The Morgan fingerprint density at radius 3 is 2.61 bits per heavy atom. The van der Waals surface area contributed by atoms with Gasteiger partial charge >= 0.3 is 0 Å². The average Bonchev–Trinajstić information content (AvgIpc) is 2.54. The lowest BCUT2D eigenvalue weighted by atomic mass is 10.1. The normalized spacial score (nSPS) is 21.2. The molecule has 0 saturated carbocycles. The van der Waals surface area contributed by atoms with Gasteiger partial charge in [-0.1, -0.05) is 30.3 Å². The third-order valence-electron chi connectivity index (χ3n) is 4.00. The Labute approximate surface area is 134 Å². The Morgan fingerprint density at radius 1 is 1.17 bits per heavy atom. The number of H-pyrrole nitrogens is 1. The van der Waals surface area contributed by atoms with E-state index in [1.165, 1.54) is 0 Å². The van der Waals surface area contributed by atoms with Gasteiger partial charge in [0, 0.05) is 12.2 Å². The predicted octanol–water partition coefficient (Wildman–Crippen LogP) is 2.29. The fourth-order valence-electron chi connectivity index (χ4n) is 2.88. The number of pyridine rings is 1. The first kappa shape index (κ1) is 15.5. The van der Waals surface area contributed by atoms with Crippen LogP contribution in [0.4, 0.5) is 0 Å². The SMILES string of the molecule is Cc1ccc(C(=O)N2C[C@@H](C)O[C@@H](c3ccccc3)C2)c(=O)[nH]1. The number of aromatic nitrogens is 1. The molecule has 1 aromatic heterocycles. The molecule has 1 fully saturated rings. The van der Waals surface area contributed by atoms with Gasteiger partial charge in [-0.15, -0.1) is 0 Å². The summed E-state index contributed by atoms with van der Waals surface area (Å²) in [5.41, 5.74) is 1.61. The van der Waals surface area contributed by atoms with E-state index in [1.54, 1.807) is 24.0 Å². The Kier molecular flexibility index (Phi) is 4.30. The lowest BCUT2D eigenvalue weighted by molar-refractivity contribution is -0.0692. The van der Waals surface area contributed by atoms with Crippen molar-refractivity contribution in [2.75, 3.05) is 13.1 Å². The highest BCUT2D eigenvalue weighted by Gasteiger charge is 2.30. The number of aromatic amines is 1. The Hall–Kier alpha value is -2.40. The van der Waals surface area contributed by atoms with E-state index in [0.717, 1.165) is 11.3 Å². The van der Waals surface area contributed by atoms with E-state index in [4.69, 9.17) is 4.74 Å². The van der Waals surface area contributed by atoms with E-state index in [1.807, 2.05) is 37.3 Å². The Bertz CT molecular complexity index is 754. The van der Waals surface area contributed by atoms with Crippen LogP contribution in [0.5, 0.6) is 0 Å². The first-order valence-electron chi connectivity index (χ1n) is 7.74. The van der Waals surface area contributed by atoms with Crippen LogP contribution in [0, 0.1) is 6.92 Å². The van der Waals surface area contributed by atoms with Crippen LogP contribution in [-0.2, 0) is 4.74 Å². The molecule has 2 aromatic rings. The van der Waals surface area contributed by atoms with Gasteiger partial charge in [0.2, 0.25) is 0 Å². The quantitative estimate of drug-likeness (QED) is 0.925. The number of carbonyl (C=O) groups is 1. The molecule has 2 heterocycles.